The van der Waals surface area contributed by atoms with E-state index in [1.807, 2.05) is 30.3 Å². The maximum atomic E-state index is 13.3. The van der Waals surface area contributed by atoms with Gasteiger partial charge in [0.25, 0.3) is 0 Å². The molecular formula is C24H26N2O3. The number of amides is 3. The molecule has 0 unspecified atom stereocenters. The molecule has 6 atom stereocenters. The molecule has 1 heterocycles. The number of likely N-dealkylation sites (tertiary alicyclic amines) is 1. The number of hydrogen-bond acceptors (Lipinski definition) is 3. The van der Waals surface area contributed by atoms with Gasteiger partial charge in [0, 0.05) is 17.6 Å². The average Bonchev–Trinajstić information content (AvgIpc) is 3.53. The van der Waals surface area contributed by atoms with Crippen LogP contribution in [0.3, 0.4) is 0 Å². The van der Waals surface area contributed by atoms with E-state index in [4.69, 9.17) is 0 Å². The Bertz CT molecular complexity index is 866. The van der Waals surface area contributed by atoms with E-state index in [1.54, 1.807) is 4.90 Å². The number of nitrogens with one attached hydrogen (secondary N) is 1. The molecule has 5 heteroatoms. The van der Waals surface area contributed by atoms with Gasteiger partial charge in [0.15, 0.2) is 0 Å². The van der Waals surface area contributed by atoms with Crippen LogP contribution in [0.1, 0.15) is 32.1 Å². The van der Waals surface area contributed by atoms with Crippen LogP contribution in [0.2, 0.25) is 0 Å². The van der Waals surface area contributed by atoms with Gasteiger partial charge in [-0.25, -0.2) is 0 Å². The lowest BCUT2D eigenvalue weighted by atomic mass is 9.63. The highest BCUT2D eigenvalue weighted by molar-refractivity contribution is 6.06. The third-order valence-corrected chi connectivity index (χ3v) is 8.17. The summed E-state index contributed by atoms with van der Waals surface area (Å²) < 4.78 is 0. The zero-order valence-corrected chi connectivity index (χ0v) is 16.4. The Kier molecular flexibility index (Phi) is 3.78. The summed E-state index contributed by atoms with van der Waals surface area (Å²) in [6, 6.07) is 9.48. The smallest absolute Gasteiger partial charge is 0.233 e. The van der Waals surface area contributed by atoms with Crippen molar-refractivity contribution >= 4 is 23.4 Å². The highest BCUT2D eigenvalue weighted by Crippen LogP contribution is 2.65. The Morgan fingerprint density at radius 1 is 0.862 bits per heavy atom. The second-order valence-electron chi connectivity index (χ2n) is 9.56. The van der Waals surface area contributed by atoms with E-state index < -0.39 is 0 Å². The molecular weight excluding hydrogens is 364 g/mol. The van der Waals surface area contributed by atoms with Gasteiger partial charge in [-0.15, -0.1) is 0 Å². The molecule has 2 bridgehead atoms. The van der Waals surface area contributed by atoms with Gasteiger partial charge in [-0.1, -0.05) is 30.4 Å². The summed E-state index contributed by atoms with van der Waals surface area (Å²) in [7, 11) is 0. The molecule has 3 amide bonds. The van der Waals surface area contributed by atoms with Crippen LogP contribution >= 0.6 is 0 Å². The van der Waals surface area contributed by atoms with Crippen molar-refractivity contribution < 1.29 is 14.4 Å². The standard InChI is InChI=1S/C24H26N2O3/c27-22(25-14-4-2-1-3-5-14)13-6-8-15(9-7-13)26-23(28)20-16-10-11-17(19-12-18(16)19)21(20)24(26)29/h1-5,10-11,13,15-21H,6-9,12H2,(H,25,27)/t13?,15?,16-,17-,18-,19+,20-,21+/m0/s1. The first-order valence-electron chi connectivity index (χ1n) is 11.0. The van der Waals surface area contributed by atoms with Crippen LogP contribution in [0, 0.1) is 41.4 Å². The number of hydrogen-bond donors (Lipinski definition) is 1. The molecule has 1 aromatic rings. The summed E-state index contributed by atoms with van der Waals surface area (Å²) in [5, 5.41) is 2.99. The van der Waals surface area contributed by atoms with Gasteiger partial charge in [0.1, 0.15) is 0 Å². The van der Waals surface area contributed by atoms with Gasteiger partial charge in [0.2, 0.25) is 17.7 Å². The van der Waals surface area contributed by atoms with Crippen LogP contribution in [0.25, 0.3) is 0 Å². The molecule has 1 saturated heterocycles. The van der Waals surface area contributed by atoms with Gasteiger partial charge in [-0.3, -0.25) is 19.3 Å². The molecule has 1 N–H and O–H groups in total. The molecule has 1 aromatic carbocycles. The summed E-state index contributed by atoms with van der Waals surface area (Å²) in [4.78, 5) is 40.7. The number of rotatable bonds is 3. The van der Waals surface area contributed by atoms with Gasteiger partial charge >= 0.3 is 0 Å². The number of benzene rings is 1. The van der Waals surface area contributed by atoms with E-state index in [0.29, 0.717) is 11.8 Å². The van der Waals surface area contributed by atoms with Gasteiger partial charge in [-0.05, 0) is 67.9 Å². The first-order valence-corrected chi connectivity index (χ1v) is 11.0. The topological polar surface area (TPSA) is 66.5 Å². The second-order valence-corrected chi connectivity index (χ2v) is 9.56. The van der Waals surface area contributed by atoms with E-state index in [0.717, 1.165) is 31.4 Å². The minimum atomic E-state index is -0.111. The fourth-order valence-corrected chi connectivity index (χ4v) is 6.70. The van der Waals surface area contributed by atoms with Crippen LogP contribution in [0.4, 0.5) is 5.69 Å². The number of carbonyl (C=O) groups excluding carboxylic acids is 3. The zero-order chi connectivity index (χ0) is 19.7. The van der Waals surface area contributed by atoms with Crippen molar-refractivity contribution in [1.29, 1.82) is 0 Å². The van der Waals surface area contributed by atoms with Crippen LogP contribution in [0.15, 0.2) is 42.5 Å². The molecule has 7 rings (SSSR count). The van der Waals surface area contributed by atoms with E-state index in [9.17, 15) is 14.4 Å². The maximum Gasteiger partial charge on any atom is 0.233 e. The molecule has 0 radical (unpaired) electrons. The minimum Gasteiger partial charge on any atom is -0.326 e. The van der Waals surface area contributed by atoms with Crippen molar-refractivity contribution in [3.8, 4) is 0 Å². The van der Waals surface area contributed by atoms with E-state index in [1.165, 1.54) is 6.42 Å². The summed E-state index contributed by atoms with van der Waals surface area (Å²) in [5.41, 5.74) is 0.815. The Morgan fingerprint density at radius 3 is 2.03 bits per heavy atom. The van der Waals surface area contributed by atoms with Gasteiger partial charge in [0.05, 0.1) is 11.8 Å². The molecule has 150 valence electrons. The van der Waals surface area contributed by atoms with Gasteiger partial charge < -0.3 is 5.32 Å². The quantitative estimate of drug-likeness (QED) is 0.636. The lowest BCUT2D eigenvalue weighted by molar-refractivity contribution is -0.144. The number of para-hydroxylation sites is 1. The summed E-state index contributed by atoms with van der Waals surface area (Å²) in [6.07, 6.45) is 8.56. The number of nitrogens with zero attached hydrogens (tertiary/aromatic N) is 1. The maximum absolute atomic E-state index is 13.3. The van der Waals surface area contributed by atoms with Crippen molar-refractivity contribution in [1.82, 2.24) is 4.90 Å². The second kappa shape index (κ2) is 6.28. The number of allylic oxidation sites excluding steroid dienone is 2. The lowest BCUT2D eigenvalue weighted by Gasteiger charge is -2.37. The number of imide groups is 1. The zero-order valence-electron chi connectivity index (χ0n) is 16.4. The van der Waals surface area contributed by atoms with Crippen molar-refractivity contribution in [3.63, 3.8) is 0 Å². The SMILES string of the molecule is O=C(Nc1ccccc1)C1CCC(N2C(=O)[C@@H]3[C@H]4C=C[C@@H]([C@@H]5C[C@H]45)[C@@H]3C2=O)CC1. The number of carbonyl (C=O) groups is 3. The highest BCUT2D eigenvalue weighted by atomic mass is 16.2. The molecule has 5 nitrogen and oxygen atoms in total. The van der Waals surface area contributed by atoms with E-state index in [2.05, 4.69) is 17.5 Å². The minimum absolute atomic E-state index is 0.0305. The molecule has 0 spiro atoms. The Balaban J connectivity index is 1.12. The average molecular weight is 390 g/mol. The van der Waals surface area contributed by atoms with Crippen molar-refractivity contribution in [2.45, 2.75) is 38.1 Å². The van der Waals surface area contributed by atoms with E-state index in [-0.39, 0.29) is 53.4 Å². The predicted octanol–water partition coefficient (Wildman–Crippen LogP) is 3.24. The first-order chi connectivity index (χ1) is 14.1. The molecule has 4 fully saturated rings. The Morgan fingerprint density at radius 2 is 1.45 bits per heavy atom. The fraction of sp³-hybridized carbons (Fsp3) is 0.542. The molecule has 0 aromatic heterocycles. The van der Waals surface area contributed by atoms with Crippen LogP contribution in [-0.4, -0.2) is 28.7 Å². The summed E-state index contributed by atoms with van der Waals surface area (Å²) >= 11 is 0. The molecule has 1 aliphatic heterocycles. The van der Waals surface area contributed by atoms with Crippen molar-refractivity contribution in [2.24, 2.45) is 41.4 Å². The third kappa shape index (κ3) is 2.55. The summed E-state index contributed by atoms with van der Waals surface area (Å²) in [6.45, 7) is 0. The Labute approximate surface area is 170 Å². The Hall–Kier alpha value is -2.43. The van der Waals surface area contributed by atoms with Crippen LogP contribution < -0.4 is 5.32 Å². The van der Waals surface area contributed by atoms with Crippen LogP contribution in [-0.2, 0) is 14.4 Å². The first kappa shape index (κ1) is 17.4. The third-order valence-electron chi connectivity index (χ3n) is 8.17. The fourth-order valence-electron chi connectivity index (χ4n) is 6.70. The highest BCUT2D eigenvalue weighted by Gasteiger charge is 2.67. The monoisotopic (exact) mass is 390 g/mol. The van der Waals surface area contributed by atoms with E-state index >= 15 is 0 Å². The molecule has 29 heavy (non-hydrogen) atoms. The normalized spacial score (nSPS) is 41.9. The van der Waals surface area contributed by atoms with Crippen LogP contribution in [0.5, 0.6) is 0 Å². The molecule has 6 aliphatic rings. The van der Waals surface area contributed by atoms with Crippen molar-refractivity contribution in [2.75, 3.05) is 5.32 Å². The number of anilines is 1. The van der Waals surface area contributed by atoms with Crippen molar-refractivity contribution in [3.05, 3.63) is 42.5 Å². The van der Waals surface area contributed by atoms with Gasteiger partial charge in [-0.2, -0.15) is 0 Å². The largest absolute Gasteiger partial charge is 0.326 e. The molecule has 5 aliphatic carbocycles. The predicted molar refractivity (Wildman–Crippen MR) is 107 cm³/mol. The molecule has 3 saturated carbocycles. The lowest BCUT2D eigenvalue weighted by Crippen LogP contribution is -2.44. The summed E-state index contributed by atoms with van der Waals surface area (Å²) in [5.74, 6) is 1.76.